The molecule has 0 spiro atoms. The highest BCUT2D eigenvalue weighted by molar-refractivity contribution is 6.07. The standard InChI is InChI=1S/C21H16N2O4/c1-13-6-8-16(23(25)26)11-18(13)22-12-15-10-20(24)27-19-9-7-14-4-2-3-5-17(14)21(15)19/h2-11,22H,12H2,1H3. The number of hydrogen-bond donors (Lipinski definition) is 1. The Morgan fingerprint density at radius 1 is 1.07 bits per heavy atom. The summed E-state index contributed by atoms with van der Waals surface area (Å²) in [7, 11) is 0. The fourth-order valence-corrected chi connectivity index (χ4v) is 3.26. The zero-order valence-electron chi connectivity index (χ0n) is 14.6. The summed E-state index contributed by atoms with van der Waals surface area (Å²) in [5, 5.41) is 17.2. The lowest BCUT2D eigenvalue weighted by Crippen LogP contribution is -2.07. The Morgan fingerprint density at radius 2 is 1.89 bits per heavy atom. The Bertz CT molecular complexity index is 1240. The molecule has 3 aromatic carbocycles. The SMILES string of the molecule is Cc1ccc([N+](=O)[O-])cc1NCc1cc(=O)oc2ccc3ccccc3c12. The third-order valence-corrected chi connectivity index (χ3v) is 4.62. The molecule has 0 aliphatic heterocycles. The maximum absolute atomic E-state index is 12.0. The van der Waals surface area contributed by atoms with Crippen LogP contribution in [0.2, 0.25) is 0 Å². The van der Waals surface area contributed by atoms with Crippen LogP contribution in [0.3, 0.4) is 0 Å². The summed E-state index contributed by atoms with van der Waals surface area (Å²) in [6.07, 6.45) is 0. The molecular weight excluding hydrogens is 344 g/mol. The summed E-state index contributed by atoms with van der Waals surface area (Å²) in [5.41, 5.74) is 2.44. The van der Waals surface area contributed by atoms with Crippen LogP contribution in [0.15, 0.2) is 69.9 Å². The van der Waals surface area contributed by atoms with Crippen LogP contribution >= 0.6 is 0 Å². The number of fused-ring (bicyclic) bond motifs is 3. The molecule has 0 fully saturated rings. The summed E-state index contributed by atoms with van der Waals surface area (Å²) in [6.45, 7) is 2.22. The Balaban J connectivity index is 1.80. The van der Waals surface area contributed by atoms with Crippen molar-refractivity contribution in [2.75, 3.05) is 5.32 Å². The quantitative estimate of drug-likeness (QED) is 0.245. The molecule has 0 saturated heterocycles. The van der Waals surface area contributed by atoms with Crippen LogP contribution in [0.1, 0.15) is 11.1 Å². The van der Waals surface area contributed by atoms with E-state index in [4.69, 9.17) is 4.42 Å². The van der Waals surface area contributed by atoms with Gasteiger partial charge in [0.2, 0.25) is 0 Å². The molecular formula is C21H16N2O4. The van der Waals surface area contributed by atoms with Crippen molar-refractivity contribution in [1.29, 1.82) is 0 Å². The number of anilines is 1. The maximum Gasteiger partial charge on any atom is 0.336 e. The molecule has 0 atom stereocenters. The van der Waals surface area contributed by atoms with Gasteiger partial charge in [-0.25, -0.2) is 4.79 Å². The minimum atomic E-state index is -0.426. The van der Waals surface area contributed by atoms with Gasteiger partial charge in [0, 0.05) is 35.8 Å². The molecule has 6 heteroatoms. The molecule has 134 valence electrons. The van der Waals surface area contributed by atoms with Gasteiger partial charge in [0.05, 0.1) is 4.92 Å². The van der Waals surface area contributed by atoms with E-state index in [0.717, 1.165) is 27.3 Å². The number of aryl methyl sites for hydroxylation is 1. The second-order valence-corrected chi connectivity index (χ2v) is 6.36. The predicted octanol–water partition coefficient (Wildman–Crippen LogP) is 4.77. The Morgan fingerprint density at radius 3 is 2.70 bits per heavy atom. The first-order chi connectivity index (χ1) is 13.0. The Labute approximate surface area is 154 Å². The molecule has 0 aliphatic carbocycles. The van der Waals surface area contributed by atoms with Gasteiger partial charge in [0.25, 0.3) is 5.69 Å². The molecule has 0 saturated carbocycles. The molecule has 1 N–H and O–H groups in total. The molecule has 6 nitrogen and oxygen atoms in total. The minimum absolute atomic E-state index is 0.0194. The highest BCUT2D eigenvalue weighted by Gasteiger charge is 2.12. The lowest BCUT2D eigenvalue weighted by Gasteiger charge is -2.12. The third kappa shape index (κ3) is 3.13. The highest BCUT2D eigenvalue weighted by Crippen LogP contribution is 2.28. The van der Waals surface area contributed by atoms with E-state index in [1.54, 1.807) is 12.1 Å². The fraction of sp³-hybridized carbons (Fsp3) is 0.0952. The Kier molecular flexibility index (Phi) is 4.08. The minimum Gasteiger partial charge on any atom is -0.423 e. The van der Waals surface area contributed by atoms with Crippen molar-refractivity contribution in [2.45, 2.75) is 13.5 Å². The second kappa shape index (κ2) is 6.57. The molecule has 4 rings (SSSR count). The predicted molar refractivity (Wildman–Crippen MR) is 105 cm³/mol. The van der Waals surface area contributed by atoms with Crippen molar-refractivity contribution in [1.82, 2.24) is 0 Å². The largest absolute Gasteiger partial charge is 0.423 e. The van der Waals surface area contributed by atoms with Crippen LogP contribution in [-0.4, -0.2) is 4.92 Å². The average molecular weight is 360 g/mol. The molecule has 27 heavy (non-hydrogen) atoms. The number of nitro benzene ring substituents is 1. The number of nitrogens with one attached hydrogen (secondary N) is 1. The second-order valence-electron chi connectivity index (χ2n) is 6.36. The average Bonchev–Trinajstić information content (AvgIpc) is 2.66. The van der Waals surface area contributed by atoms with E-state index < -0.39 is 10.5 Å². The van der Waals surface area contributed by atoms with Crippen LogP contribution in [0.4, 0.5) is 11.4 Å². The van der Waals surface area contributed by atoms with Gasteiger partial charge in [0.1, 0.15) is 5.58 Å². The monoisotopic (exact) mass is 360 g/mol. The van der Waals surface area contributed by atoms with Crippen LogP contribution in [0.5, 0.6) is 0 Å². The number of nitrogens with zero attached hydrogens (tertiary/aromatic N) is 1. The molecule has 1 aromatic heterocycles. The van der Waals surface area contributed by atoms with Crippen molar-refractivity contribution >= 4 is 33.1 Å². The van der Waals surface area contributed by atoms with Crippen LogP contribution in [0, 0.1) is 17.0 Å². The smallest absolute Gasteiger partial charge is 0.336 e. The van der Waals surface area contributed by atoms with Crippen molar-refractivity contribution in [3.63, 3.8) is 0 Å². The van der Waals surface area contributed by atoms with Crippen LogP contribution < -0.4 is 10.9 Å². The first kappa shape index (κ1) is 16.8. The van der Waals surface area contributed by atoms with Gasteiger partial charge in [-0.2, -0.15) is 0 Å². The number of hydrogen-bond acceptors (Lipinski definition) is 5. The van der Waals surface area contributed by atoms with E-state index in [1.807, 2.05) is 37.3 Å². The van der Waals surface area contributed by atoms with E-state index in [0.29, 0.717) is 17.8 Å². The van der Waals surface area contributed by atoms with Gasteiger partial charge in [-0.3, -0.25) is 10.1 Å². The van der Waals surface area contributed by atoms with Gasteiger partial charge in [-0.05, 0) is 34.9 Å². The lowest BCUT2D eigenvalue weighted by molar-refractivity contribution is -0.384. The molecule has 0 radical (unpaired) electrons. The summed E-state index contributed by atoms with van der Waals surface area (Å²) in [6, 6.07) is 17.7. The van der Waals surface area contributed by atoms with Crippen molar-refractivity contribution in [3.8, 4) is 0 Å². The van der Waals surface area contributed by atoms with Crippen molar-refractivity contribution < 1.29 is 9.34 Å². The third-order valence-electron chi connectivity index (χ3n) is 4.62. The fourth-order valence-electron chi connectivity index (χ4n) is 3.26. The zero-order chi connectivity index (χ0) is 19.0. The van der Waals surface area contributed by atoms with Crippen molar-refractivity contribution in [3.05, 3.63) is 92.3 Å². The van der Waals surface area contributed by atoms with Crippen LogP contribution in [0.25, 0.3) is 21.7 Å². The molecule has 0 bridgehead atoms. The Hall–Kier alpha value is -3.67. The summed E-state index contributed by atoms with van der Waals surface area (Å²) in [5.74, 6) is 0. The molecule has 0 unspecified atom stereocenters. The number of benzene rings is 3. The van der Waals surface area contributed by atoms with Crippen molar-refractivity contribution in [2.24, 2.45) is 0 Å². The highest BCUT2D eigenvalue weighted by atomic mass is 16.6. The van der Waals surface area contributed by atoms with E-state index in [2.05, 4.69) is 5.32 Å². The topological polar surface area (TPSA) is 85.4 Å². The van der Waals surface area contributed by atoms with Gasteiger partial charge in [-0.1, -0.05) is 36.4 Å². The van der Waals surface area contributed by atoms with Gasteiger partial charge in [-0.15, -0.1) is 0 Å². The molecule has 4 aromatic rings. The van der Waals surface area contributed by atoms with Gasteiger partial charge in [0.15, 0.2) is 0 Å². The normalized spacial score (nSPS) is 11.0. The number of non-ortho nitro benzene ring substituents is 1. The van der Waals surface area contributed by atoms with E-state index in [-0.39, 0.29) is 5.69 Å². The maximum atomic E-state index is 12.0. The van der Waals surface area contributed by atoms with E-state index >= 15 is 0 Å². The van der Waals surface area contributed by atoms with E-state index in [9.17, 15) is 14.9 Å². The lowest BCUT2D eigenvalue weighted by atomic mass is 10.0. The number of nitro groups is 1. The summed E-state index contributed by atoms with van der Waals surface area (Å²) >= 11 is 0. The first-order valence-electron chi connectivity index (χ1n) is 8.46. The van der Waals surface area contributed by atoms with E-state index in [1.165, 1.54) is 18.2 Å². The molecule has 1 heterocycles. The zero-order valence-corrected chi connectivity index (χ0v) is 14.6. The van der Waals surface area contributed by atoms with Gasteiger partial charge >= 0.3 is 5.63 Å². The van der Waals surface area contributed by atoms with Gasteiger partial charge < -0.3 is 9.73 Å². The first-order valence-corrected chi connectivity index (χ1v) is 8.46. The summed E-state index contributed by atoms with van der Waals surface area (Å²) < 4.78 is 5.36. The van der Waals surface area contributed by atoms with Crippen LogP contribution in [-0.2, 0) is 6.54 Å². The number of rotatable bonds is 4. The molecule has 0 aliphatic rings. The summed E-state index contributed by atoms with van der Waals surface area (Å²) in [4.78, 5) is 22.6. The molecule has 0 amide bonds.